The number of fused-ring (bicyclic) bond motifs is 1. The zero-order chi connectivity index (χ0) is 17.9. The van der Waals surface area contributed by atoms with Crippen LogP contribution in [0.3, 0.4) is 0 Å². The lowest BCUT2D eigenvalue weighted by atomic mass is 9.96. The normalized spacial score (nSPS) is 16.2. The molecule has 1 fully saturated rings. The fourth-order valence-electron chi connectivity index (χ4n) is 3.71. The van der Waals surface area contributed by atoms with Crippen molar-refractivity contribution >= 4 is 10.9 Å². The van der Waals surface area contributed by atoms with Gasteiger partial charge in [0, 0.05) is 18.7 Å². The predicted molar refractivity (Wildman–Crippen MR) is 100 cm³/mol. The summed E-state index contributed by atoms with van der Waals surface area (Å²) in [5, 5.41) is 0.673. The highest BCUT2D eigenvalue weighted by Crippen LogP contribution is 2.21. The van der Waals surface area contributed by atoms with E-state index in [1.54, 1.807) is 17.0 Å². The van der Waals surface area contributed by atoms with E-state index in [0.717, 1.165) is 37.0 Å². The van der Waals surface area contributed by atoms with Crippen molar-refractivity contribution in [3.05, 3.63) is 76.6 Å². The van der Waals surface area contributed by atoms with Crippen molar-refractivity contribution < 1.29 is 4.39 Å². The monoisotopic (exact) mass is 351 g/mol. The van der Waals surface area contributed by atoms with Crippen LogP contribution in [0.15, 0.2) is 59.7 Å². The highest BCUT2D eigenvalue weighted by atomic mass is 19.1. The summed E-state index contributed by atoms with van der Waals surface area (Å²) in [6.07, 6.45) is 3.68. The van der Waals surface area contributed by atoms with Gasteiger partial charge in [-0.3, -0.25) is 14.3 Å². The molecule has 26 heavy (non-hydrogen) atoms. The molecular formula is C21H22FN3O. The zero-order valence-electron chi connectivity index (χ0n) is 14.6. The molecule has 1 aliphatic rings. The van der Waals surface area contributed by atoms with E-state index in [4.69, 9.17) is 0 Å². The van der Waals surface area contributed by atoms with Crippen LogP contribution in [-0.4, -0.2) is 27.5 Å². The molecule has 2 heterocycles. The van der Waals surface area contributed by atoms with Gasteiger partial charge in [0.25, 0.3) is 5.56 Å². The maximum absolute atomic E-state index is 13.8. The van der Waals surface area contributed by atoms with Gasteiger partial charge >= 0.3 is 0 Å². The molecule has 0 radical (unpaired) electrons. The second-order valence-corrected chi connectivity index (χ2v) is 7.03. The first-order valence-corrected chi connectivity index (χ1v) is 9.10. The summed E-state index contributed by atoms with van der Waals surface area (Å²) in [6.45, 7) is 3.20. The van der Waals surface area contributed by atoms with Crippen LogP contribution in [0.1, 0.15) is 18.4 Å². The molecule has 3 aromatic rings. The van der Waals surface area contributed by atoms with Crippen molar-refractivity contribution in [2.24, 2.45) is 5.92 Å². The molecule has 0 atom stereocenters. The Kier molecular flexibility index (Phi) is 4.80. The molecule has 134 valence electrons. The Hall–Kier alpha value is -2.53. The number of para-hydroxylation sites is 1. The van der Waals surface area contributed by atoms with Gasteiger partial charge in [0.15, 0.2) is 0 Å². The average molecular weight is 351 g/mol. The van der Waals surface area contributed by atoms with Gasteiger partial charge in [-0.2, -0.15) is 0 Å². The Labute approximate surface area is 151 Å². The third-order valence-electron chi connectivity index (χ3n) is 5.25. The van der Waals surface area contributed by atoms with Gasteiger partial charge < -0.3 is 0 Å². The number of aromatic nitrogens is 2. The first-order chi connectivity index (χ1) is 12.7. The number of nitrogens with zero attached hydrogens (tertiary/aromatic N) is 3. The topological polar surface area (TPSA) is 38.1 Å². The van der Waals surface area contributed by atoms with Crippen LogP contribution in [0.5, 0.6) is 0 Å². The SMILES string of the molecule is O=c1c2ccccc2ncn1CC1CCN(Cc2ccccc2F)CC1. The third-order valence-corrected chi connectivity index (χ3v) is 5.25. The highest BCUT2D eigenvalue weighted by molar-refractivity contribution is 5.76. The van der Waals surface area contributed by atoms with Gasteiger partial charge in [-0.15, -0.1) is 0 Å². The van der Waals surface area contributed by atoms with Gasteiger partial charge in [-0.1, -0.05) is 30.3 Å². The van der Waals surface area contributed by atoms with Gasteiger partial charge in [0.05, 0.1) is 17.2 Å². The van der Waals surface area contributed by atoms with Crippen LogP contribution >= 0.6 is 0 Å². The summed E-state index contributed by atoms with van der Waals surface area (Å²) in [7, 11) is 0. The van der Waals surface area contributed by atoms with Gasteiger partial charge in [0.1, 0.15) is 5.82 Å². The molecule has 0 amide bonds. The van der Waals surface area contributed by atoms with Crippen LogP contribution in [-0.2, 0) is 13.1 Å². The van der Waals surface area contributed by atoms with E-state index >= 15 is 0 Å². The number of hydrogen-bond acceptors (Lipinski definition) is 3. The molecule has 0 spiro atoms. The Morgan fingerprint density at radius 1 is 1.04 bits per heavy atom. The van der Waals surface area contributed by atoms with Crippen LogP contribution < -0.4 is 5.56 Å². The summed E-state index contributed by atoms with van der Waals surface area (Å²) < 4.78 is 15.5. The maximum Gasteiger partial charge on any atom is 0.261 e. The minimum atomic E-state index is -0.136. The second-order valence-electron chi connectivity index (χ2n) is 7.03. The fraction of sp³-hybridized carbons (Fsp3) is 0.333. The lowest BCUT2D eigenvalue weighted by molar-refractivity contribution is 0.165. The van der Waals surface area contributed by atoms with Crippen LogP contribution in [0.25, 0.3) is 10.9 Å². The molecule has 0 aliphatic carbocycles. The lowest BCUT2D eigenvalue weighted by Gasteiger charge is -2.32. The van der Waals surface area contributed by atoms with E-state index in [1.165, 1.54) is 6.07 Å². The molecule has 1 saturated heterocycles. The van der Waals surface area contributed by atoms with Gasteiger partial charge in [0.2, 0.25) is 0 Å². The molecule has 5 heteroatoms. The molecule has 0 unspecified atom stereocenters. The van der Waals surface area contributed by atoms with Crippen molar-refractivity contribution in [2.75, 3.05) is 13.1 Å². The maximum atomic E-state index is 13.8. The van der Waals surface area contributed by atoms with Crippen LogP contribution in [0, 0.1) is 11.7 Å². The molecule has 0 saturated carbocycles. The van der Waals surface area contributed by atoms with Crippen molar-refractivity contribution in [3.8, 4) is 0 Å². The Morgan fingerprint density at radius 3 is 2.58 bits per heavy atom. The summed E-state index contributed by atoms with van der Waals surface area (Å²) >= 11 is 0. The van der Waals surface area contributed by atoms with Crippen molar-refractivity contribution in [2.45, 2.75) is 25.9 Å². The molecular weight excluding hydrogens is 329 g/mol. The quantitative estimate of drug-likeness (QED) is 0.723. The Bertz CT molecular complexity index is 961. The molecule has 1 aromatic heterocycles. The average Bonchev–Trinajstić information content (AvgIpc) is 2.67. The lowest BCUT2D eigenvalue weighted by Crippen LogP contribution is -2.36. The molecule has 4 rings (SSSR count). The van der Waals surface area contributed by atoms with E-state index < -0.39 is 0 Å². The number of likely N-dealkylation sites (tertiary alicyclic amines) is 1. The Morgan fingerprint density at radius 2 is 1.77 bits per heavy atom. The number of rotatable bonds is 4. The van der Waals surface area contributed by atoms with E-state index in [0.29, 0.717) is 24.4 Å². The summed E-state index contributed by atoms with van der Waals surface area (Å²) in [4.78, 5) is 19.3. The van der Waals surface area contributed by atoms with Crippen LogP contribution in [0.4, 0.5) is 4.39 Å². The van der Waals surface area contributed by atoms with Crippen molar-refractivity contribution in [3.63, 3.8) is 0 Å². The highest BCUT2D eigenvalue weighted by Gasteiger charge is 2.21. The number of benzene rings is 2. The number of halogens is 1. The van der Waals surface area contributed by atoms with E-state index in [9.17, 15) is 9.18 Å². The molecule has 4 nitrogen and oxygen atoms in total. The molecule has 0 bridgehead atoms. The van der Waals surface area contributed by atoms with Crippen LogP contribution in [0.2, 0.25) is 0 Å². The molecule has 0 N–H and O–H groups in total. The summed E-state index contributed by atoms with van der Waals surface area (Å²) in [5.74, 6) is 0.316. The van der Waals surface area contributed by atoms with Gasteiger partial charge in [-0.25, -0.2) is 9.37 Å². The van der Waals surface area contributed by atoms with Crippen molar-refractivity contribution in [1.82, 2.24) is 14.5 Å². The number of piperidine rings is 1. The standard InChI is InChI=1S/C21H22FN3O/c22-19-7-3-1-5-17(19)14-24-11-9-16(10-12-24)13-25-15-23-20-8-4-2-6-18(20)21(25)26/h1-8,15-16H,9-14H2. The van der Waals surface area contributed by atoms with Gasteiger partial charge in [-0.05, 0) is 50.0 Å². The summed E-state index contributed by atoms with van der Waals surface area (Å²) in [5.41, 5.74) is 1.53. The van der Waals surface area contributed by atoms with E-state index in [2.05, 4.69) is 9.88 Å². The van der Waals surface area contributed by atoms with E-state index in [-0.39, 0.29) is 11.4 Å². The first-order valence-electron chi connectivity index (χ1n) is 9.10. The third kappa shape index (κ3) is 3.53. The molecule has 2 aromatic carbocycles. The number of hydrogen-bond donors (Lipinski definition) is 0. The van der Waals surface area contributed by atoms with E-state index in [1.807, 2.05) is 36.4 Å². The largest absolute Gasteiger partial charge is 0.299 e. The predicted octanol–water partition coefficient (Wildman–Crippen LogP) is 3.45. The second kappa shape index (κ2) is 7.38. The summed E-state index contributed by atoms with van der Waals surface area (Å²) in [6, 6.07) is 14.4. The Balaban J connectivity index is 1.39. The fourth-order valence-corrected chi connectivity index (χ4v) is 3.71. The first kappa shape index (κ1) is 16.9. The smallest absolute Gasteiger partial charge is 0.261 e. The minimum Gasteiger partial charge on any atom is -0.299 e. The molecule has 1 aliphatic heterocycles. The zero-order valence-corrected chi connectivity index (χ0v) is 14.6. The van der Waals surface area contributed by atoms with Crippen molar-refractivity contribution in [1.29, 1.82) is 0 Å². The minimum absolute atomic E-state index is 0.0318.